The molecule has 10 nitrogen and oxygen atoms in total. The summed E-state index contributed by atoms with van der Waals surface area (Å²) in [5.74, 6) is -0.794. The molecular weight excluding hydrogens is 518 g/mol. The number of esters is 2. The van der Waals surface area contributed by atoms with Crippen LogP contribution in [0.1, 0.15) is 57.6 Å². The lowest BCUT2D eigenvalue weighted by Crippen LogP contribution is -2.30. The van der Waals surface area contributed by atoms with Crippen LogP contribution in [-0.4, -0.2) is 62.3 Å². The molecule has 0 aliphatic heterocycles. The second-order valence-electron chi connectivity index (χ2n) is 9.19. The molecule has 0 saturated heterocycles. The molecule has 11 heteroatoms. The maximum absolute atomic E-state index is 12.8. The van der Waals surface area contributed by atoms with Crippen LogP contribution >= 0.6 is 11.8 Å². The molecule has 2 aromatic heterocycles. The van der Waals surface area contributed by atoms with Crippen molar-refractivity contribution in [2.24, 2.45) is 5.92 Å². The SMILES string of the molecule is CSc1ncnn2c([C@H](OCCOC(=O)c3ccc(C)cc3)[C@@H](C)[C@@H](C)OC(=O)c3ccc(C)cc3)nnc12. The summed E-state index contributed by atoms with van der Waals surface area (Å²) in [5.41, 5.74) is 3.53. The highest BCUT2D eigenvalue weighted by atomic mass is 32.2. The summed E-state index contributed by atoms with van der Waals surface area (Å²) in [7, 11) is 0. The number of hydrogen-bond acceptors (Lipinski definition) is 10. The van der Waals surface area contributed by atoms with Crippen LogP contribution in [0, 0.1) is 19.8 Å². The van der Waals surface area contributed by atoms with E-state index in [1.54, 1.807) is 35.7 Å². The van der Waals surface area contributed by atoms with Gasteiger partial charge in [0, 0.05) is 5.92 Å². The lowest BCUT2D eigenvalue weighted by Gasteiger charge is -2.27. The minimum absolute atomic E-state index is 0.0231. The zero-order valence-corrected chi connectivity index (χ0v) is 23.3. The van der Waals surface area contributed by atoms with Crippen LogP contribution in [-0.2, 0) is 14.2 Å². The van der Waals surface area contributed by atoms with Crippen molar-refractivity contribution in [1.82, 2.24) is 24.8 Å². The molecule has 0 aliphatic rings. The molecule has 0 fully saturated rings. The number of thioether (sulfide) groups is 1. The maximum Gasteiger partial charge on any atom is 0.338 e. The van der Waals surface area contributed by atoms with Crippen molar-refractivity contribution in [3.63, 3.8) is 0 Å². The van der Waals surface area contributed by atoms with Crippen molar-refractivity contribution in [3.05, 3.63) is 82.9 Å². The summed E-state index contributed by atoms with van der Waals surface area (Å²) in [5, 5.41) is 13.6. The summed E-state index contributed by atoms with van der Waals surface area (Å²) in [4.78, 5) is 29.4. The number of rotatable bonds is 11. The number of benzene rings is 2. The van der Waals surface area contributed by atoms with Gasteiger partial charge in [-0.2, -0.15) is 9.61 Å². The first-order valence-electron chi connectivity index (χ1n) is 12.5. The summed E-state index contributed by atoms with van der Waals surface area (Å²) >= 11 is 1.43. The number of hydrogen-bond donors (Lipinski definition) is 0. The predicted molar refractivity (Wildman–Crippen MR) is 146 cm³/mol. The zero-order valence-electron chi connectivity index (χ0n) is 22.5. The lowest BCUT2D eigenvalue weighted by molar-refractivity contribution is -0.0546. The van der Waals surface area contributed by atoms with Gasteiger partial charge in [-0.25, -0.2) is 14.6 Å². The van der Waals surface area contributed by atoms with Crippen LogP contribution in [0.5, 0.6) is 0 Å². The number of aromatic nitrogens is 5. The fourth-order valence-corrected chi connectivity index (χ4v) is 4.33. The molecule has 0 unspecified atom stereocenters. The van der Waals surface area contributed by atoms with Crippen LogP contribution in [0.3, 0.4) is 0 Å². The molecule has 0 aliphatic carbocycles. The van der Waals surface area contributed by atoms with Gasteiger partial charge in [0.15, 0.2) is 5.82 Å². The maximum atomic E-state index is 12.8. The van der Waals surface area contributed by atoms with Crippen molar-refractivity contribution >= 4 is 29.3 Å². The second kappa shape index (κ2) is 12.8. The third kappa shape index (κ3) is 6.79. The van der Waals surface area contributed by atoms with E-state index in [4.69, 9.17) is 14.2 Å². The Bertz CT molecular complexity index is 1420. The van der Waals surface area contributed by atoms with Crippen molar-refractivity contribution in [1.29, 1.82) is 0 Å². The second-order valence-corrected chi connectivity index (χ2v) is 9.99. The number of nitrogens with zero attached hydrogens (tertiary/aromatic N) is 5. The number of aryl methyl sites for hydroxylation is 2. The molecule has 39 heavy (non-hydrogen) atoms. The van der Waals surface area contributed by atoms with Crippen LogP contribution in [0.15, 0.2) is 59.9 Å². The molecule has 204 valence electrons. The Morgan fingerprint density at radius 2 is 1.51 bits per heavy atom. The fraction of sp³-hybridized carbons (Fsp3) is 0.357. The predicted octanol–water partition coefficient (Wildman–Crippen LogP) is 4.65. The van der Waals surface area contributed by atoms with Gasteiger partial charge in [0.05, 0.1) is 17.7 Å². The lowest BCUT2D eigenvalue weighted by atomic mass is 9.98. The van der Waals surface area contributed by atoms with Gasteiger partial charge < -0.3 is 14.2 Å². The van der Waals surface area contributed by atoms with E-state index < -0.39 is 24.1 Å². The van der Waals surface area contributed by atoms with E-state index in [2.05, 4.69) is 20.3 Å². The monoisotopic (exact) mass is 549 g/mol. The number of ether oxygens (including phenoxy) is 3. The normalized spacial score (nSPS) is 13.6. The summed E-state index contributed by atoms with van der Waals surface area (Å²) in [6.45, 7) is 7.71. The van der Waals surface area contributed by atoms with Crippen LogP contribution in [0.2, 0.25) is 0 Å². The Balaban J connectivity index is 1.50. The molecule has 4 aromatic rings. The minimum atomic E-state index is -0.677. The van der Waals surface area contributed by atoms with Gasteiger partial charge in [0.2, 0.25) is 5.65 Å². The molecule has 0 N–H and O–H groups in total. The molecule has 2 aromatic carbocycles. The zero-order chi connectivity index (χ0) is 27.9. The third-order valence-electron chi connectivity index (χ3n) is 6.35. The highest BCUT2D eigenvalue weighted by Crippen LogP contribution is 2.30. The first-order valence-corrected chi connectivity index (χ1v) is 13.7. The molecule has 3 atom stereocenters. The highest BCUT2D eigenvalue weighted by Gasteiger charge is 2.32. The van der Waals surface area contributed by atoms with Crippen LogP contribution in [0.4, 0.5) is 0 Å². The Labute approximate surface area is 231 Å². The Kier molecular flexibility index (Phi) is 9.26. The molecule has 0 radical (unpaired) electrons. The first kappa shape index (κ1) is 28.2. The standard InChI is InChI=1S/C28H31N5O5S/c1-17-6-10-21(11-7-17)27(34)37-15-14-36-23(24-31-32-25-26(39-5)29-16-30-33(24)25)19(3)20(4)38-28(35)22-12-8-18(2)9-13-22/h6-13,16,19-20,23H,14-15H2,1-5H3/t19-,20+,23+/m0/s1. The average molecular weight is 550 g/mol. The Morgan fingerprint density at radius 1 is 0.897 bits per heavy atom. The van der Waals surface area contributed by atoms with Gasteiger partial charge in [-0.1, -0.05) is 42.3 Å². The minimum Gasteiger partial charge on any atom is -0.460 e. The van der Waals surface area contributed by atoms with Gasteiger partial charge in [0.25, 0.3) is 0 Å². The van der Waals surface area contributed by atoms with Crippen LogP contribution in [0.25, 0.3) is 5.65 Å². The molecule has 0 amide bonds. The van der Waals surface area contributed by atoms with E-state index in [0.29, 0.717) is 27.6 Å². The summed E-state index contributed by atoms with van der Waals surface area (Å²) in [6, 6.07) is 14.3. The molecule has 2 heterocycles. The molecule has 4 rings (SSSR count). The quantitative estimate of drug-likeness (QED) is 0.149. The van der Waals surface area contributed by atoms with Gasteiger partial charge in [-0.3, -0.25) is 0 Å². The number of carbonyl (C=O) groups excluding carboxylic acids is 2. The van der Waals surface area contributed by atoms with Gasteiger partial charge in [-0.15, -0.1) is 22.0 Å². The fourth-order valence-electron chi connectivity index (χ4n) is 3.87. The van der Waals surface area contributed by atoms with Crippen molar-refractivity contribution in [3.8, 4) is 0 Å². The summed E-state index contributed by atoms with van der Waals surface area (Å²) in [6.07, 6.45) is 2.09. The molecule has 0 bridgehead atoms. The van der Waals surface area contributed by atoms with Crippen molar-refractivity contribution in [2.75, 3.05) is 19.5 Å². The van der Waals surface area contributed by atoms with Crippen molar-refractivity contribution < 1.29 is 23.8 Å². The highest BCUT2D eigenvalue weighted by molar-refractivity contribution is 7.98. The largest absolute Gasteiger partial charge is 0.460 e. The topological polar surface area (TPSA) is 118 Å². The smallest absolute Gasteiger partial charge is 0.338 e. The molecular formula is C28H31N5O5S. The first-order chi connectivity index (χ1) is 18.8. The molecule has 0 spiro atoms. The Hall–Kier alpha value is -3.83. The third-order valence-corrected chi connectivity index (χ3v) is 7.02. The van der Waals surface area contributed by atoms with E-state index >= 15 is 0 Å². The van der Waals surface area contributed by atoms with Gasteiger partial charge in [0.1, 0.15) is 30.2 Å². The van der Waals surface area contributed by atoms with E-state index in [0.717, 1.165) is 11.1 Å². The van der Waals surface area contributed by atoms with E-state index in [1.807, 2.05) is 51.3 Å². The van der Waals surface area contributed by atoms with E-state index in [1.165, 1.54) is 18.1 Å². The van der Waals surface area contributed by atoms with Gasteiger partial charge >= 0.3 is 11.9 Å². The number of carbonyl (C=O) groups is 2. The van der Waals surface area contributed by atoms with Crippen LogP contribution < -0.4 is 0 Å². The summed E-state index contributed by atoms with van der Waals surface area (Å²) < 4.78 is 19.0. The van der Waals surface area contributed by atoms with E-state index in [-0.39, 0.29) is 19.1 Å². The van der Waals surface area contributed by atoms with E-state index in [9.17, 15) is 9.59 Å². The Morgan fingerprint density at radius 3 is 2.13 bits per heavy atom. The van der Waals surface area contributed by atoms with Crippen molar-refractivity contribution in [2.45, 2.75) is 44.9 Å². The average Bonchev–Trinajstić information content (AvgIpc) is 3.37. The molecule has 0 saturated carbocycles. The van der Waals surface area contributed by atoms with Gasteiger partial charge in [-0.05, 0) is 51.3 Å². The number of fused-ring (bicyclic) bond motifs is 1.